The van der Waals surface area contributed by atoms with Gasteiger partial charge in [0.25, 0.3) is 11.8 Å². The monoisotopic (exact) mass is 433 g/mol. The number of carbonyl (C=O) groups is 2. The van der Waals surface area contributed by atoms with E-state index in [4.69, 9.17) is 9.15 Å². The average molecular weight is 434 g/mol. The van der Waals surface area contributed by atoms with Gasteiger partial charge in [-0.15, -0.1) is 0 Å². The summed E-state index contributed by atoms with van der Waals surface area (Å²) in [5.74, 6) is -0.334. The maximum absolute atomic E-state index is 13.2. The van der Waals surface area contributed by atoms with Gasteiger partial charge in [-0.2, -0.15) is 0 Å². The zero-order valence-electron chi connectivity index (χ0n) is 18.0. The molecular formula is C25H27N3O4. The topological polar surface area (TPSA) is 83.8 Å². The third-order valence-electron chi connectivity index (χ3n) is 5.54. The maximum Gasteiger partial charge on any atom is 0.291 e. The zero-order chi connectivity index (χ0) is 22.3. The number of rotatable bonds is 7. The number of nitrogens with zero attached hydrogens (tertiary/aromatic N) is 1. The highest BCUT2D eigenvalue weighted by Gasteiger charge is 2.21. The van der Waals surface area contributed by atoms with E-state index in [0.717, 1.165) is 24.2 Å². The lowest BCUT2D eigenvalue weighted by atomic mass is 10.0. The first-order chi connectivity index (χ1) is 15.6. The van der Waals surface area contributed by atoms with E-state index < -0.39 is 0 Å². The van der Waals surface area contributed by atoms with Gasteiger partial charge >= 0.3 is 0 Å². The molecule has 0 saturated carbocycles. The first-order valence-electron chi connectivity index (χ1n) is 10.7. The Bertz CT molecular complexity index is 1040. The number of hydrogen-bond donors (Lipinski definition) is 2. The number of amides is 2. The average Bonchev–Trinajstić information content (AvgIpc) is 3.36. The Hall–Kier alpha value is -3.42. The molecule has 0 spiro atoms. The SMILES string of the molecule is Cc1ccc(C(=O)N[C@H](CN2CCOCC2)c2ccccc2)cc1NC(=O)c1ccco1. The van der Waals surface area contributed by atoms with Crippen LogP contribution in [-0.4, -0.2) is 49.6 Å². The minimum absolute atomic E-state index is 0.163. The molecule has 7 nitrogen and oxygen atoms in total. The van der Waals surface area contributed by atoms with Gasteiger partial charge in [0.15, 0.2) is 5.76 Å². The minimum Gasteiger partial charge on any atom is -0.459 e. The third kappa shape index (κ3) is 5.43. The number of hydrogen-bond acceptors (Lipinski definition) is 5. The molecule has 3 aromatic rings. The molecule has 7 heteroatoms. The van der Waals surface area contributed by atoms with Gasteiger partial charge in [-0.05, 0) is 42.3 Å². The predicted octanol–water partition coefficient (Wildman–Crippen LogP) is 3.64. The van der Waals surface area contributed by atoms with Gasteiger partial charge in [-0.25, -0.2) is 0 Å². The second kappa shape index (κ2) is 10.3. The fourth-order valence-electron chi connectivity index (χ4n) is 3.69. The number of morpholine rings is 1. The number of anilines is 1. The molecule has 1 aromatic heterocycles. The van der Waals surface area contributed by atoms with Gasteiger partial charge < -0.3 is 19.8 Å². The Morgan fingerprint density at radius 1 is 1.00 bits per heavy atom. The van der Waals surface area contributed by atoms with Crippen LogP contribution in [-0.2, 0) is 4.74 Å². The highest BCUT2D eigenvalue weighted by atomic mass is 16.5. The van der Waals surface area contributed by atoms with Gasteiger partial charge in [-0.1, -0.05) is 36.4 Å². The molecule has 0 aliphatic carbocycles. The lowest BCUT2D eigenvalue weighted by Gasteiger charge is -2.31. The van der Waals surface area contributed by atoms with Crippen LogP contribution in [0.2, 0.25) is 0 Å². The van der Waals surface area contributed by atoms with Gasteiger partial charge in [0.2, 0.25) is 0 Å². The molecule has 1 aliphatic heterocycles. The Labute approximate surface area is 187 Å². The summed E-state index contributed by atoms with van der Waals surface area (Å²) >= 11 is 0. The van der Waals surface area contributed by atoms with Crippen LogP contribution in [0.15, 0.2) is 71.3 Å². The predicted molar refractivity (Wildman–Crippen MR) is 122 cm³/mol. The van der Waals surface area contributed by atoms with E-state index in [1.54, 1.807) is 24.3 Å². The summed E-state index contributed by atoms with van der Waals surface area (Å²) in [5.41, 5.74) is 2.96. The number of benzene rings is 2. The van der Waals surface area contributed by atoms with Crippen molar-refractivity contribution in [3.63, 3.8) is 0 Å². The molecule has 2 heterocycles. The highest BCUT2D eigenvalue weighted by Crippen LogP contribution is 2.20. The van der Waals surface area contributed by atoms with Crippen molar-refractivity contribution < 1.29 is 18.7 Å². The van der Waals surface area contributed by atoms with Crippen LogP contribution in [0.1, 0.15) is 38.1 Å². The van der Waals surface area contributed by atoms with Gasteiger partial charge in [0, 0.05) is 30.9 Å². The second-order valence-electron chi connectivity index (χ2n) is 7.81. The van der Waals surface area contributed by atoms with Crippen molar-refractivity contribution in [2.24, 2.45) is 0 Å². The van der Waals surface area contributed by atoms with Crippen LogP contribution in [0.5, 0.6) is 0 Å². The lowest BCUT2D eigenvalue weighted by Crippen LogP contribution is -2.43. The van der Waals surface area contributed by atoms with Gasteiger partial charge in [0.1, 0.15) is 0 Å². The van der Waals surface area contributed by atoms with E-state index in [1.807, 2.05) is 43.3 Å². The summed E-state index contributed by atoms with van der Waals surface area (Å²) in [5, 5.41) is 6.00. The Balaban J connectivity index is 1.50. The summed E-state index contributed by atoms with van der Waals surface area (Å²) in [4.78, 5) is 27.8. The first-order valence-corrected chi connectivity index (χ1v) is 10.7. The summed E-state index contributed by atoms with van der Waals surface area (Å²) in [6.45, 7) is 5.66. The number of carbonyl (C=O) groups excluding carboxylic acids is 2. The first kappa shape index (κ1) is 21.8. The number of nitrogens with one attached hydrogen (secondary N) is 2. The van der Waals surface area contributed by atoms with Crippen molar-refractivity contribution in [2.45, 2.75) is 13.0 Å². The summed E-state index contributed by atoms with van der Waals surface area (Å²) in [6, 6.07) is 18.3. The minimum atomic E-state index is -0.356. The van der Waals surface area contributed by atoms with Crippen molar-refractivity contribution >= 4 is 17.5 Å². The highest BCUT2D eigenvalue weighted by molar-refractivity contribution is 6.04. The summed E-state index contributed by atoms with van der Waals surface area (Å²) in [7, 11) is 0. The van der Waals surface area contributed by atoms with E-state index in [9.17, 15) is 9.59 Å². The molecule has 1 saturated heterocycles. The molecule has 1 atom stereocenters. The molecular weight excluding hydrogens is 406 g/mol. The number of ether oxygens (including phenoxy) is 1. The quantitative estimate of drug-likeness (QED) is 0.594. The molecule has 166 valence electrons. The van der Waals surface area contributed by atoms with Crippen LogP contribution < -0.4 is 10.6 Å². The maximum atomic E-state index is 13.2. The molecule has 4 rings (SSSR count). The Kier molecular flexibility index (Phi) is 6.99. The molecule has 32 heavy (non-hydrogen) atoms. The molecule has 1 fully saturated rings. The molecule has 0 bridgehead atoms. The van der Waals surface area contributed by atoms with E-state index in [2.05, 4.69) is 15.5 Å². The van der Waals surface area contributed by atoms with Crippen molar-refractivity contribution in [3.05, 3.63) is 89.4 Å². The van der Waals surface area contributed by atoms with Crippen LogP contribution in [0, 0.1) is 6.92 Å². The van der Waals surface area contributed by atoms with E-state index in [0.29, 0.717) is 31.0 Å². The molecule has 2 aromatic carbocycles. The van der Waals surface area contributed by atoms with Crippen molar-refractivity contribution in [2.75, 3.05) is 38.2 Å². The van der Waals surface area contributed by atoms with Gasteiger partial charge in [0.05, 0.1) is 25.5 Å². The van der Waals surface area contributed by atoms with Crippen LogP contribution in [0.3, 0.4) is 0 Å². The molecule has 1 aliphatic rings. The largest absolute Gasteiger partial charge is 0.459 e. The van der Waals surface area contributed by atoms with Crippen LogP contribution in [0.4, 0.5) is 5.69 Å². The van der Waals surface area contributed by atoms with Crippen LogP contribution in [0.25, 0.3) is 0 Å². The number of furan rings is 1. The Morgan fingerprint density at radius 3 is 2.50 bits per heavy atom. The Morgan fingerprint density at radius 2 is 1.78 bits per heavy atom. The fraction of sp³-hybridized carbons (Fsp3) is 0.280. The van der Waals surface area contributed by atoms with E-state index >= 15 is 0 Å². The van der Waals surface area contributed by atoms with Crippen molar-refractivity contribution in [3.8, 4) is 0 Å². The molecule has 2 amide bonds. The fourth-order valence-corrected chi connectivity index (χ4v) is 3.69. The van der Waals surface area contributed by atoms with E-state index in [-0.39, 0.29) is 23.6 Å². The standard InChI is InChI=1S/C25H27N3O4/c1-18-9-10-20(16-21(18)26-25(30)23-8-5-13-32-23)24(29)27-22(19-6-3-2-4-7-19)17-28-11-14-31-15-12-28/h2-10,13,16,22H,11-12,14-15,17H2,1H3,(H,26,30)(H,27,29)/t22-/m1/s1. The third-order valence-corrected chi connectivity index (χ3v) is 5.54. The normalized spacial score (nSPS) is 15.2. The second-order valence-corrected chi connectivity index (χ2v) is 7.81. The molecule has 2 N–H and O–H groups in total. The lowest BCUT2D eigenvalue weighted by molar-refractivity contribution is 0.0332. The molecule has 0 radical (unpaired) electrons. The zero-order valence-corrected chi connectivity index (χ0v) is 18.0. The van der Waals surface area contributed by atoms with Crippen molar-refractivity contribution in [1.29, 1.82) is 0 Å². The van der Waals surface area contributed by atoms with Crippen molar-refractivity contribution in [1.82, 2.24) is 10.2 Å². The van der Waals surface area contributed by atoms with E-state index in [1.165, 1.54) is 6.26 Å². The summed E-state index contributed by atoms with van der Waals surface area (Å²) < 4.78 is 10.6. The van der Waals surface area contributed by atoms with Gasteiger partial charge in [-0.3, -0.25) is 14.5 Å². The number of aryl methyl sites for hydroxylation is 1. The molecule has 0 unspecified atom stereocenters. The van der Waals surface area contributed by atoms with Crippen LogP contribution >= 0.6 is 0 Å². The summed E-state index contributed by atoms with van der Waals surface area (Å²) in [6.07, 6.45) is 1.45. The smallest absolute Gasteiger partial charge is 0.291 e.